The van der Waals surface area contributed by atoms with Crippen LogP contribution in [0.1, 0.15) is 6.42 Å². The zero-order valence-electron chi connectivity index (χ0n) is 12.3. The Bertz CT molecular complexity index is 766. The van der Waals surface area contributed by atoms with Gasteiger partial charge in [-0.2, -0.15) is 0 Å². The summed E-state index contributed by atoms with van der Waals surface area (Å²) in [6.45, 7) is 0. The van der Waals surface area contributed by atoms with Gasteiger partial charge >= 0.3 is 0 Å². The number of rotatable bonds is 2. The van der Waals surface area contributed by atoms with Crippen molar-refractivity contribution in [2.24, 2.45) is 29.6 Å². The van der Waals surface area contributed by atoms with Crippen LogP contribution < -0.4 is 5.32 Å². The van der Waals surface area contributed by atoms with Crippen molar-refractivity contribution >= 4 is 23.2 Å². The zero-order chi connectivity index (χ0) is 17.2. The molecule has 124 valence electrons. The number of carbonyl (C=O) groups excluding carboxylic acids is 3. The predicted molar refractivity (Wildman–Crippen MR) is 76.2 cm³/mol. The zero-order valence-corrected chi connectivity index (χ0v) is 12.3. The second-order valence-corrected chi connectivity index (χ2v) is 6.47. The molecule has 4 rings (SSSR count). The SMILES string of the molecule is O=C(Nc1c(F)cc(F)cc1F)C1C(=O)C2C3C=CC(C3)C2C1=O. The molecule has 0 heterocycles. The van der Waals surface area contributed by atoms with E-state index >= 15 is 0 Å². The number of anilines is 1. The number of halogens is 3. The molecular formula is C17H12F3NO3. The maximum absolute atomic E-state index is 13.6. The van der Waals surface area contributed by atoms with Gasteiger partial charge in [-0.1, -0.05) is 12.2 Å². The third-order valence-corrected chi connectivity index (χ3v) is 5.20. The van der Waals surface area contributed by atoms with E-state index in [4.69, 9.17) is 0 Å². The van der Waals surface area contributed by atoms with Crippen LogP contribution in [0.3, 0.4) is 0 Å². The second kappa shape index (κ2) is 5.03. The van der Waals surface area contributed by atoms with E-state index in [1.807, 2.05) is 17.5 Å². The van der Waals surface area contributed by atoms with E-state index < -0.39 is 58.4 Å². The van der Waals surface area contributed by atoms with Gasteiger partial charge in [0.2, 0.25) is 5.91 Å². The first kappa shape index (κ1) is 15.1. The topological polar surface area (TPSA) is 63.2 Å². The molecule has 4 atom stereocenters. The molecule has 2 saturated carbocycles. The highest BCUT2D eigenvalue weighted by atomic mass is 19.1. The molecule has 1 aromatic rings. The van der Waals surface area contributed by atoms with Crippen LogP contribution >= 0.6 is 0 Å². The molecule has 2 bridgehead atoms. The molecule has 4 unspecified atom stereocenters. The molecule has 0 aliphatic heterocycles. The lowest BCUT2D eigenvalue weighted by atomic mass is 9.85. The summed E-state index contributed by atoms with van der Waals surface area (Å²) < 4.78 is 40.2. The highest BCUT2D eigenvalue weighted by Gasteiger charge is 2.61. The lowest BCUT2D eigenvalue weighted by Gasteiger charge is -2.16. The van der Waals surface area contributed by atoms with Gasteiger partial charge in [0.15, 0.2) is 29.1 Å². The molecule has 0 spiro atoms. The van der Waals surface area contributed by atoms with Crippen molar-refractivity contribution in [3.8, 4) is 0 Å². The van der Waals surface area contributed by atoms with Crippen LogP contribution in [0.15, 0.2) is 24.3 Å². The molecule has 4 nitrogen and oxygen atoms in total. The molecule has 3 aliphatic carbocycles. The number of benzene rings is 1. The predicted octanol–water partition coefficient (Wildman–Crippen LogP) is 2.25. The number of ketones is 2. The molecule has 2 fully saturated rings. The third-order valence-electron chi connectivity index (χ3n) is 5.20. The number of nitrogens with one attached hydrogen (secondary N) is 1. The number of fused-ring (bicyclic) bond motifs is 5. The molecule has 0 saturated heterocycles. The Morgan fingerprint density at radius 1 is 0.958 bits per heavy atom. The first-order chi connectivity index (χ1) is 11.4. The van der Waals surface area contributed by atoms with Crippen molar-refractivity contribution in [1.82, 2.24) is 0 Å². The van der Waals surface area contributed by atoms with Crippen LogP contribution in [-0.2, 0) is 14.4 Å². The molecule has 1 aromatic carbocycles. The van der Waals surface area contributed by atoms with Crippen molar-refractivity contribution in [1.29, 1.82) is 0 Å². The van der Waals surface area contributed by atoms with Gasteiger partial charge < -0.3 is 5.32 Å². The summed E-state index contributed by atoms with van der Waals surface area (Å²) in [7, 11) is 0. The third kappa shape index (κ3) is 1.96. The maximum Gasteiger partial charge on any atom is 0.242 e. The van der Waals surface area contributed by atoms with Gasteiger partial charge in [-0.05, 0) is 18.3 Å². The monoisotopic (exact) mass is 335 g/mol. The van der Waals surface area contributed by atoms with Gasteiger partial charge in [0.1, 0.15) is 11.5 Å². The fraction of sp³-hybridized carbons (Fsp3) is 0.353. The van der Waals surface area contributed by atoms with Gasteiger partial charge in [0.05, 0.1) is 0 Å². The number of amides is 1. The smallest absolute Gasteiger partial charge is 0.242 e. The molecule has 3 aliphatic rings. The van der Waals surface area contributed by atoms with Crippen LogP contribution in [0, 0.1) is 47.0 Å². The van der Waals surface area contributed by atoms with Gasteiger partial charge in [0, 0.05) is 24.0 Å². The lowest BCUT2D eigenvalue weighted by Crippen LogP contribution is -2.33. The standard InChI is InChI=1S/C17H12F3NO3/c18-8-4-9(19)14(10(20)5-8)21-17(24)13-15(22)11-6-1-2-7(3-6)12(11)16(13)23/h1-2,4-7,11-13H,3H2,(H,21,24). The van der Waals surface area contributed by atoms with Crippen molar-refractivity contribution < 1.29 is 27.6 Å². The van der Waals surface area contributed by atoms with E-state index in [-0.39, 0.29) is 11.8 Å². The van der Waals surface area contributed by atoms with E-state index in [9.17, 15) is 27.6 Å². The van der Waals surface area contributed by atoms with E-state index in [1.165, 1.54) is 0 Å². The average Bonchev–Trinajstić information content (AvgIpc) is 3.17. The van der Waals surface area contributed by atoms with Crippen molar-refractivity contribution in [3.63, 3.8) is 0 Å². The summed E-state index contributed by atoms with van der Waals surface area (Å²) >= 11 is 0. The van der Waals surface area contributed by atoms with Crippen molar-refractivity contribution in [2.75, 3.05) is 5.32 Å². The molecule has 0 aromatic heterocycles. The fourth-order valence-corrected chi connectivity index (χ4v) is 4.24. The first-order valence-corrected chi connectivity index (χ1v) is 7.59. The van der Waals surface area contributed by atoms with E-state index in [2.05, 4.69) is 0 Å². The molecule has 1 N–H and O–H groups in total. The minimum atomic E-state index is -1.56. The number of hydrogen-bond acceptors (Lipinski definition) is 3. The van der Waals surface area contributed by atoms with E-state index in [0.29, 0.717) is 12.1 Å². The number of carbonyl (C=O) groups is 3. The molecule has 7 heteroatoms. The van der Waals surface area contributed by atoms with Crippen molar-refractivity contribution in [3.05, 3.63) is 41.7 Å². The van der Waals surface area contributed by atoms with Gasteiger partial charge in [-0.25, -0.2) is 13.2 Å². The minimum Gasteiger partial charge on any atom is -0.320 e. The Morgan fingerprint density at radius 2 is 1.46 bits per heavy atom. The van der Waals surface area contributed by atoms with E-state index in [0.717, 1.165) is 6.42 Å². The number of Topliss-reactive ketones (excluding diaryl/α,β-unsaturated/α-hetero) is 2. The Hall–Kier alpha value is -2.44. The van der Waals surface area contributed by atoms with Crippen LogP contribution in [0.5, 0.6) is 0 Å². The van der Waals surface area contributed by atoms with Gasteiger partial charge in [0.25, 0.3) is 0 Å². The number of hydrogen-bond donors (Lipinski definition) is 1. The normalized spacial score (nSPS) is 33.2. The Balaban J connectivity index is 1.60. The Labute approximate surface area is 134 Å². The summed E-state index contributed by atoms with van der Waals surface area (Å²) in [5, 5.41) is 1.93. The fourth-order valence-electron chi connectivity index (χ4n) is 4.24. The maximum atomic E-state index is 13.6. The summed E-state index contributed by atoms with van der Waals surface area (Å²) in [6, 6.07) is 0.825. The molecular weight excluding hydrogens is 323 g/mol. The lowest BCUT2D eigenvalue weighted by molar-refractivity contribution is -0.136. The van der Waals surface area contributed by atoms with Crippen LogP contribution in [0.4, 0.5) is 18.9 Å². The highest BCUT2D eigenvalue weighted by molar-refractivity contribution is 6.27. The summed E-state index contributed by atoms with van der Waals surface area (Å²) in [4.78, 5) is 37.2. The number of allylic oxidation sites excluding steroid dienone is 2. The molecule has 1 amide bonds. The Kier molecular flexibility index (Phi) is 3.16. The van der Waals surface area contributed by atoms with Gasteiger partial charge in [-0.3, -0.25) is 14.4 Å². The van der Waals surface area contributed by atoms with E-state index in [1.54, 1.807) is 0 Å². The quantitative estimate of drug-likeness (QED) is 0.666. The van der Waals surface area contributed by atoms with Gasteiger partial charge in [-0.15, -0.1) is 0 Å². The Morgan fingerprint density at radius 3 is 1.96 bits per heavy atom. The second-order valence-electron chi connectivity index (χ2n) is 6.47. The molecule has 24 heavy (non-hydrogen) atoms. The van der Waals surface area contributed by atoms with Crippen LogP contribution in [-0.4, -0.2) is 17.5 Å². The summed E-state index contributed by atoms with van der Waals surface area (Å²) in [5.41, 5.74) is -0.861. The first-order valence-electron chi connectivity index (χ1n) is 7.59. The van der Waals surface area contributed by atoms with Crippen LogP contribution in [0.2, 0.25) is 0 Å². The largest absolute Gasteiger partial charge is 0.320 e. The van der Waals surface area contributed by atoms with Crippen LogP contribution in [0.25, 0.3) is 0 Å². The highest BCUT2D eigenvalue weighted by Crippen LogP contribution is 2.54. The van der Waals surface area contributed by atoms with Crippen molar-refractivity contribution in [2.45, 2.75) is 6.42 Å². The minimum absolute atomic E-state index is 0.0476. The summed E-state index contributed by atoms with van der Waals surface area (Å²) in [6.07, 6.45) is 4.50. The average molecular weight is 335 g/mol. The molecule has 0 radical (unpaired) electrons. The summed E-state index contributed by atoms with van der Waals surface area (Å²) in [5.74, 6) is -8.50.